The van der Waals surface area contributed by atoms with Crippen LogP contribution in [-0.2, 0) is 11.3 Å². The zero-order valence-corrected chi connectivity index (χ0v) is 18.6. The molecule has 0 aliphatic carbocycles. The number of ether oxygens (including phenoxy) is 4. The Balaban J connectivity index is 2.04. The predicted molar refractivity (Wildman–Crippen MR) is 115 cm³/mol. The van der Waals surface area contributed by atoms with E-state index in [9.17, 15) is 0 Å². The molecule has 1 aromatic rings. The Morgan fingerprint density at radius 2 is 1.90 bits per heavy atom. The van der Waals surface area contributed by atoms with Crippen LogP contribution in [-0.4, -0.2) is 77.1 Å². The van der Waals surface area contributed by atoms with Crippen LogP contribution in [0.2, 0.25) is 0 Å². The lowest BCUT2D eigenvalue weighted by atomic mass is 10.2. The lowest BCUT2D eigenvalue weighted by Crippen LogP contribution is -2.53. The number of hydrogen-bond acceptors (Lipinski definition) is 6. The van der Waals surface area contributed by atoms with Crippen LogP contribution in [0.4, 0.5) is 0 Å². The van der Waals surface area contributed by atoms with Crippen LogP contribution in [0.25, 0.3) is 0 Å². The van der Waals surface area contributed by atoms with Crippen molar-refractivity contribution in [2.24, 2.45) is 4.99 Å². The van der Waals surface area contributed by atoms with Gasteiger partial charge in [-0.25, -0.2) is 4.99 Å². The monoisotopic (exact) mass is 408 g/mol. The minimum atomic E-state index is 0.388. The van der Waals surface area contributed by atoms with Crippen molar-refractivity contribution in [1.29, 1.82) is 0 Å². The first-order chi connectivity index (χ1) is 14.0. The smallest absolute Gasteiger partial charge is 0.203 e. The van der Waals surface area contributed by atoms with Crippen molar-refractivity contribution in [3.63, 3.8) is 0 Å². The summed E-state index contributed by atoms with van der Waals surface area (Å²) in [5.41, 5.74) is 0.978. The number of aliphatic imine (C=N–C) groups is 1. The lowest BCUT2D eigenvalue weighted by Gasteiger charge is -2.38. The van der Waals surface area contributed by atoms with Crippen LogP contribution in [0.15, 0.2) is 17.1 Å². The summed E-state index contributed by atoms with van der Waals surface area (Å²) < 4.78 is 21.8. The Morgan fingerprint density at radius 3 is 2.45 bits per heavy atom. The second-order valence-corrected chi connectivity index (χ2v) is 7.12. The first-order valence-electron chi connectivity index (χ1n) is 10.2. The minimum absolute atomic E-state index is 0.388. The number of nitrogens with one attached hydrogen (secondary N) is 2. The molecular formula is C21H36N4O4. The molecule has 0 radical (unpaired) electrons. The highest BCUT2D eigenvalue weighted by Crippen LogP contribution is 2.38. The van der Waals surface area contributed by atoms with E-state index in [0.29, 0.717) is 35.9 Å². The second-order valence-electron chi connectivity index (χ2n) is 7.12. The van der Waals surface area contributed by atoms with Crippen molar-refractivity contribution < 1.29 is 18.9 Å². The third-order valence-electron chi connectivity index (χ3n) is 5.04. The summed E-state index contributed by atoms with van der Waals surface area (Å²) in [6.07, 6.45) is 0. The fraction of sp³-hybridized carbons (Fsp3) is 0.667. The Morgan fingerprint density at radius 1 is 1.21 bits per heavy atom. The molecule has 0 saturated carbocycles. The van der Waals surface area contributed by atoms with Gasteiger partial charge in [-0.1, -0.05) is 0 Å². The molecule has 1 aliphatic rings. The molecule has 2 unspecified atom stereocenters. The molecular weight excluding hydrogens is 372 g/mol. The summed E-state index contributed by atoms with van der Waals surface area (Å²) in [7, 11) is 4.83. The maximum atomic E-state index is 5.54. The third-order valence-corrected chi connectivity index (χ3v) is 5.04. The summed E-state index contributed by atoms with van der Waals surface area (Å²) >= 11 is 0. The van der Waals surface area contributed by atoms with Gasteiger partial charge in [0.2, 0.25) is 5.75 Å². The van der Waals surface area contributed by atoms with Gasteiger partial charge >= 0.3 is 0 Å². The molecule has 8 heteroatoms. The van der Waals surface area contributed by atoms with E-state index in [1.54, 1.807) is 21.3 Å². The lowest BCUT2D eigenvalue weighted by molar-refractivity contribution is -0.0174. The highest BCUT2D eigenvalue weighted by Gasteiger charge is 2.23. The van der Waals surface area contributed by atoms with Gasteiger partial charge in [-0.15, -0.1) is 0 Å². The van der Waals surface area contributed by atoms with E-state index in [4.69, 9.17) is 23.9 Å². The van der Waals surface area contributed by atoms with Gasteiger partial charge in [0.15, 0.2) is 17.5 Å². The summed E-state index contributed by atoms with van der Waals surface area (Å²) in [4.78, 5) is 7.20. The zero-order valence-electron chi connectivity index (χ0n) is 18.6. The van der Waals surface area contributed by atoms with Gasteiger partial charge in [0.25, 0.3) is 0 Å². The van der Waals surface area contributed by atoms with Crippen molar-refractivity contribution >= 4 is 5.96 Å². The number of methoxy groups -OCH3 is 3. The fourth-order valence-electron chi connectivity index (χ4n) is 3.50. The van der Waals surface area contributed by atoms with Crippen molar-refractivity contribution in [3.8, 4) is 17.2 Å². The Bertz CT molecular complexity index is 643. The Kier molecular flexibility index (Phi) is 9.34. The normalized spacial score (nSPS) is 18.8. The highest BCUT2D eigenvalue weighted by atomic mass is 16.5. The molecule has 29 heavy (non-hydrogen) atoms. The average Bonchev–Trinajstić information content (AvgIpc) is 2.74. The van der Waals surface area contributed by atoms with Crippen LogP contribution < -0.4 is 24.8 Å². The Hall–Kier alpha value is -2.19. The maximum Gasteiger partial charge on any atom is 0.203 e. The first kappa shape index (κ1) is 23.1. The third kappa shape index (κ3) is 6.40. The van der Waals surface area contributed by atoms with E-state index in [2.05, 4.69) is 36.3 Å². The maximum absolute atomic E-state index is 5.54. The summed E-state index contributed by atoms with van der Waals surface area (Å²) in [5, 5.41) is 6.77. The Labute approximate surface area is 174 Å². The van der Waals surface area contributed by atoms with E-state index in [-0.39, 0.29) is 0 Å². The highest BCUT2D eigenvalue weighted by molar-refractivity contribution is 5.79. The molecule has 0 spiro atoms. The number of morpholine rings is 1. The molecule has 0 amide bonds. The van der Waals surface area contributed by atoms with E-state index in [1.165, 1.54) is 0 Å². The second kappa shape index (κ2) is 11.7. The number of rotatable bonds is 9. The molecule has 0 aromatic heterocycles. The van der Waals surface area contributed by atoms with E-state index in [1.807, 2.05) is 12.1 Å². The molecule has 8 nitrogen and oxygen atoms in total. The topological polar surface area (TPSA) is 76.6 Å². The summed E-state index contributed by atoms with van der Waals surface area (Å²) in [6.45, 7) is 11.1. The van der Waals surface area contributed by atoms with Crippen molar-refractivity contribution in [3.05, 3.63) is 17.7 Å². The fourth-order valence-corrected chi connectivity index (χ4v) is 3.50. The van der Waals surface area contributed by atoms with Crippen molar-refractivity contribution in [1.82, 2.24) is 15.5 Å². The van der Waals surface area contributed by atoms with Crippen molar-refractivity contribution in [2.75, 3.05) is 54.2 Å². The van der Waals surface area contributed by atoms with Gasteiger partial charge in [0, 0.05) is 31.7 Å². The summed E-state index contributed by atoms with van der Waals surface area (Å²) in [5.74, 6) is 2.63. The minimum Gasteiger partial charge on any atom is -0.493 e. The standard InChI is InChI=1S/C21H36N4O4/c1-7-22-21(23-12-15(2)25-8-9-29-14-16(25)3)24-13-17-10-18(26-4)20(28-6)19(11-17)27-5/h10-11,15-16H,7-9,12-14H2,1-6H3,(H2,22,23,24). The number of guanidine groups is 1. The average molecular weight is 409 g/mol. The molecule has 1 aromatic carbocycles. The van der Waals surface area contributed by atoms with Crippen molar-refractivity contribution in [2.45, 2.75) is 39.4 Å². The molecule has 2 rings (SSSR count). The summed E-state index contributed by atoms with van der Waals surface area (Å²) in [6, 6.07) is 4.66. The van der Waals surface area contributed by atoms with Gasteiger partial charge in [-0.2, -0.15) is 0 Å². The SMILES string of the molecule is CCNC(=NCc1cc(OC)c(OC)c(OC)c1)NCC(C)N1CCOCC1C. The first-order valence-corrected chi connectivity index (χ1v) is 10.2. The zero-order chi connectivity index (χ0) is 21.2. The van der Waals surface area contributed by atoms with E-state index in [0.717, 1.165) is 44.4 Å². The molecule has 2 N–H and O–H groups in total. The van der Waals surface area contributed by atoms with Gasteiger partial charge in [0.1, 0.15) is 0 Å². The van der Waals surface area contributed by atoms with Gasteiger partial charge in [-0.3, -0.25) is 4.90 Å². The van der Waals surface area contributed by atoms with Crippen LogP contribution in [0.5, 0.6) is 17.2 Å². The van der Waals surface area contributed by atoms with Crippen LogP contribution in [0.1, 0.15) is 26.3 Å². The number of hydrogen-bond donors (Lipinski definition) is 2. The molecule has 0 bridgehead atoms. The van der Waals surface area contributed by atoms with Gasteiger partial charge in [0.05, 0.1) is 41.1 Å². The number of benzene rings is 1. The molecule has 2 atom stereocenters. The molecule has 1 aliphatic heterocycles. The van der Waals surface area contributed by atoms with E-state index < -0.39 is 0 Å². The van der Waals surface area contributed by atoms with Gasteiger partial charge in [-0.05, 0) is 38.5 Å². The molecule has 1 fully saturated rings. The van der Waals surface area contributed by atoms with Crippen LogP contribution >= 0.6 is 0 Å². The predicted octanol–water partition coefficient (Wildman–Crippen LogP) is 1.88. The quantitative estimate of drug-likeness (QED) is 0.477. The van der Waals surface area contributed by atoms with E-state index >= 15 is 0 Å². The molecule has 1 heterocycles. The largest absolute Gasteiger partial charge is 0.493 e. The molecule has 164 valence electrons. The van der Waals surface area contributed by atoms with Crippen LogP contribution in [0, 0.1) is 0 Å². The molecule has 1 saturated heterocycles. The van der Waals surface area contributed by atoms with Gasteiger partial charge < -0.3 is 29.6 Å². The van der Waals surface area contributed by atoms with Crippen LogP contribution in [0.3, 0.4) is 0 Å². The number of nitrogens with zero attached hydrogens (tertiary/aromatic N) is 2.